The molecule has 0 saturated heterocycles. The van der Waals surface area contributed by atoms with E-state index in [0.29, 0.717) is 5.13 Å². The van der Waals surface area contributed by atoms with Crippen molar-refractivity contribution in [1.82, 2.24) is 4.98 Å². The van der Waals surface area contributed by atoms with Gasteiger partial charge >= 0.3 is 0 Å². The predicted molar refractivity (Wildman–Crippen MR) is 99.8 cm³/mol. The molecule has 3 rings (SSSR count). The maximum Gasteiger partial charge on any atom is 0.260 e. The first-order chi connectivity index (χ1) is 11.2. The van der Waals surface area contributed by atoms with E-state index in [2.05, 4.69) is 29.4 Å². The molecule has 0 fully saturated rings. The molecule has 0 atom stereocenters. The van der Waals surface area contributed by atoms with Gasteiger partial charge in [-0.3, -0.25) is 10.1 Å². The van der Waals surface area contributed by atoms with Crippen molar-refractivity contribution >= 4 is 45.0 Å². The molecule has 1 heterocycles. The second kappa shape index (κ2) is 8.22. The summed E-state index contributed by atoms with van der Waals surface area (Å²) in [5.41, 5.74) is 2.14. The number of fused-ring (bicyclic) bond motifs is 1. The number of amides is 1. The molecular formula is C18H18ClFN2OS. The molecule has 0 bridgehead atoms. The Hall–Kier alpha value is -1.98. The number of halogens is 2. The molecular weight excluding hydrogens is 347 g/mol. The highest BCUT2D eigenvalue weighted by Gasteiger charge is 2.13. The Morgan fingerprint density at radius 1 is 1.25 bits per heavy atom. The summed E-state index contributed by atoms with van der Waals surface area (Å²) >= 11 is 1.41. The van der Waals surface area contributed by atoms with Crippen LogP contribution >= 0.6 is 23.7 Å². The number of aromatic nitrogens is 1. The summed E-state index contributed by atoms with van der Waals surface area (Å²) in [6, 6.07) is 12.1. The SMILES string of the molecule is CCCCc1ccc2nc(NC(=O)c3ccccc3F)sc2c1.Cl. The Bertz CT molecular complexity index is 850. The molecule has 1 N–H and O–H groups in total. The molecule has 0 aliphatic carbocycles. The molecule has 24 heavy (non-hydrogen) atoms. The fourth-order valence-corrected chi connectivity index (χ4v) is 3.29. The highest BCUT2D eigenvalue weighted by Crippen LogP contribution is 2.27. The molecule has 6 heteroatoms. The number of rotatable bonds is 5. The van der Waals surface area contributed by atoms with Gasteiger partial charge in [-0.1, -0.05) is 42.9 Å². The molecule has 3 aromatic rings. The lowest BCUT2D eigenvalue weighted by atomic mass is 10.1. The number of carbonyl (C=O) groups is 1. The van der Waals surface area contributed by atoms with Crippen molar-refractivity contribution in [3.05, 3.63) is 59.4 Å². The normalized spacial score (nSPS) is 10.4. The van der Waals surface area contributed by atoms with E-state index in [1.807, 2.05) is 6.07 Å². The third kappa shape index (κ3) is 4.10. The van der Waals surface area contributed by atoms with E-state index in [9.17, 15) is 9.18 Å². The standard InChI is InChI=1S/C18H17FN2OS.ClH/c1-2-3-6-12-9-10-15-16(11-12)23-18(20-15)21-17(22)13-7-4-5-8-14(13)19;/h4-5,7-11H,2-3,6H2,1H3,(H,20,21,22);1H. The highest BCUT2D eigenvalue weighted by molar-refractivity contribution is 7.22. The van der Waals surface area contributed by atoms with Gasteiger partial charge < -0.3 is 0 Å². The zero-order valence-electron chi connectivity index (χ0n) is 13.2. The molecule has 2 aromatic carbocycles. The quantitative estimate of drug-likeness (QED) is 0.653. The number of aryl methyl sites for hydroxylation is 1. The van der Waals surface area contributed by atoms with Crippen molar-refractivity contribution in [2.75, 3.05) is 5.32 Å². The van der Waals surface area contributed by atoms with Crippen LogP contribution in [0.25, 0.3) is 10.2 Å². The van der Waals surface area contributed by atoms with E-state index in [0.717, 1.165) is 29.5 Å². The summed E-state index contributed by atoms with van der Waals surface area (Å²) in [6.07, 6.45) is 3.35. The van der Waals surface area contributed by atoms with Crippen molar-refractivity contribution in [3.63, 3.8) is 0 Å². The number of anilines is 1. The largest absolute Gasteiger partial charge is 0.298 e. The van der Waals surface area contributed by atoms with Gasteiger partial charge in [-0.15, -0.1) is 12.4 Å². The van der Waals surface area contributed by atoms with Crippen LogP contribution in [0, 0.1) is 5.82 Å². The number of unbranched alkanes of at least 4 members (excludes halogenated alkanes) is 1. The number of nitrogens with zero attached hydrogens (tertiary/aromatic N) is 1. The van der Waals surface area contributed by atoms with E-state index in [4.69, 9.17) is 0 Å². The Morgan fingerprint density at radius 2 is 2.04 bits per heavy atom. The molecule has 0 unspecified atom stereocenters. The first-order valence-electron chi connectivity index (χ1n) is 7.62. The van der Waals surface area contributed by atoms with Crippen LogP contribution < -0.4 is 5.32 Å². The number of benzene rings is 2. The Morgan fingerprint density at radius 3 is 2.79 bits per heavy atom. The van der Waals surface area contributed by atoms with E-state index in [-0.39, 0.29) is 18.0 Å². The van der Waals surface area contributed by atoms with Crippen LogP contribution in [0.2, 0.25) is 0 Å². The lowest BCUT2D eigenvalue weighted by Gasteiger charge is -2.02. The van der Waals surface area contributed by atoms with Crippen LogP contribution in [0.5, 0.6) is 0 Å². The van der Waals surface area contributed by atoms with Crippen molar-refractivity contribution < 1.29 is 9.18 Å². The molecule has 126 valence electrons. The Balaban J connectivity index is 0.00000208. The minimum atomic E-state index is -0.534. The summed E-state index contributed by atoms with van der Waals surface area (Å²) < 4.78 is 14.7. The maximum absolute atomic E-state index is 13.6. The van der Waals surface area contributed by atoms with E-state index in [1.54, 1.807) is 12.1 Å². The number of nitrogens with one attached hydrogen (secondary N) is 1. The van der Waals surface area contributed by atoms with E-state index >= 15 is 0 Å². The van der Waals surface area contributed by atoms with Gasteiger partial charge in [0.25, 0.3) is 5.91 Å². The minimum Gasteiger partial charge on any atom is -0.298 e. The molecule has 0 spiro atoms. The second-order valence-electron chi connectivity index (χ2n) is 5.36. The summed E-state index contributed by atoms with van der Waals surface area (Å²) in [7, 11) is 0. The maximum atomic E-state index is 13.6. The van der Waals surface area contributed by atoms with Crippen LogP contribution in [-0.4, -0.2) is 10.9 Å². The van der Waals surface area contributed by atoms with E-state index < -0.39 is 11.7 Å². The first-order valence-corrected chi connectivity index (χ1v) is 8.44. The zero-order chi connectivity index (χ0) is 16.2. The fraction of sp³-hybridized carbons (Fsp3) is 0.222. The molecule has 0 aliphatic rings. The van der Waals surface area contributed by atoms with Crippen LogP contribution in [0.15, 0.2) is 42.5 Å². The van der Waals surface area contributed by atoms with Crippen molar-refractivity contribution in [1.29, 1.82) is 0 Å². The molecule has 1 amide bonds. The van der Waals surface area contributed by atoms with Gasteiger partial charge in [0.05, 0.1) is 15.8 Å². The Kier molecular flexibility index (Phi) is 6.29. The van der Waals surface area contributed by atoms with Crippen LogP contribution in [0.4, 0.5) is 9.52 Å². The van der Waals surface area contributed by atoms with Gasteiger partial charge in [0, 0.05) is 0 Å². The number of hydrogen-bond acceptors (Lipinski definition) is 3. The average molecular weight is 365 g/mol. The summed E-state index contributed by atoms with van der Waals surface area (Å²) in [6.45, 7) is 2.17. The van der Waals surface area contributed by atoms with Gasteiger partial charge in [-0.05, 0) is 42.7 Å². The van der Waals surface area contributed by atoms with Crippen molar-refractivity contribution in [2.24, 2.45) is 0 Å². The molecule has 0 aliphatic heterocycles. The van der Waals surface area contributed by atoms with Gasteiger partial charge in [-0.25, -0.2) is 9.37 Å². The first kappa shape index (κ1) is 18.4. The monoisotopic (exact) mass is 364 g/mol. The number of thiazole rings is 1. The van der Waals surface area contributed by atoms with Crippen molar-refractivity contribution in [2.45, 2.75) is 26.2 Å². The van der Waals surface area contributed by atoms with Gasteiger partial charge in [-0.2, -0.15) is 0 Å². The van der Waals surface area contributed by atoms with Gasteiger partial charge in [0.2, 0.25) is 0 Å². The van der Waals surface area contributed by atoms with E-state index in [1.165, 1.54) is 29.0 Å². The minimum absolute atomic E-state index is 0. The fourth-order valence-electron chi connectivity index (χ4n) is 2.37. The molecule has 1 aromatic heterocycles. The summed E-state index contributed by atoms with van der Waals surface area (Å²) in [5.74, 6) is -1.01. The summed E-state index contributed by atoms with van der Waals surface area (Å²) in [4.78, 5) is 16.5. The highest BCUT2D eigenvalue weighted by atomic mass is 35.5. The third-order valence-electron chi connectivity index (χ3n) is 3.61. The van der Waals surface area contributed by atoms with Gasteiger partial charge in [0.15, 0.2) is 5.13 Å². The third-order valence-corrected chi connectivity index (χ3v) is 4.54. The molecule has 0 saturated carbocycles. The molecule has 0 radical (unpaired) electrons. The Labute approximate surface area is 150 Å². The van der Waals surface area contributed by atoms with Crippen LogP contribution in [0.3, 0.4) is 0 Å². The van der Waals surface area contributed by atoms with Gasteiger partial charge in [0.1, 0.15) is 5.82 Å². The average Bonchev–Trinajstić information content (AvgIpc) is 2.94. The summed E-state index contributed by atoms with van der Waals surface area (Å²) in [5, 5.41) is 3.17. The lowest BCUT2D eigenvalue weighted by molar-refractivity contribution is 0.102. The predicted octanol–water partition coefficient (Wildman–Crippen LogP) is 5.45. The number of hydrogen-bond donors (Lipinski definition) is 1. The van der Waals surface area contributed by atoms with Crippen LogP contribution in [0.1, 0.15) is 35.7 Å². The smallest absolute Gasteiger partial charge is 0.260 e. The second-order valence-corrected chi connectivity index (χ2v) is 6.39. The molecule has 3 nitrogen and oxygen atoms in total. The lowest BCUT2D eigenvalue weighted by Crippen LogP contribution is -2.13. The van der Waals surface area contributed by atoms with Crippen LogP contribution in [-0.2, 0) is 6.42 Å². The number of carbonyl (C=O) groups excluding carboxylic acids is 1. The van der Waals surface area contributed by atoms with Crippen molar-refractivity contribution in [3.8, 4) is 0 Å². The zero-order valence-corrected chi connectivity index (χ0v) is 14.8. The topological polar surface area (TPSA) is 42.0 Å².